The van der Waals surface area contributed by atoms with Crippen LogP contribution >= 0.6 is 0 Å². The van der Waals surface area contributed by atoms with Crippen molar-refractivity contribution < 1.29 is 28.9 Å². The Morgan fingerprint density at radius 3 is 2.32 bits per heavy atom. The van der Waals surface area contributed by atoms with Crippen molar-refractivity contribution >= 4 is 11.8 Å². The lowest BCUT2D eigenvalue weighted by atomic mass is 9.97. The molecule has 2 amide bonds. The normalized spacial score (nSPS) is 31.3. The first-order valence-electron chi connectivity index (χ1n) is 9.23. The van der Waals surface area contributed by atoms with Crippen LogP contribution in [0.4, 0.5) is 0 Å². The van der Waals surface area contributed by atoms with Crippen molar-refractivity contribution in [2.45, 2.75) is 37.3 Å². The Morgan fingerprint density at radius 2 is 1.64 bits per heavy atom. The zero-order chi connectivity index (χ0) is 19.3. The summed E-state index contributed by atoms with van der Waals surface area (Å²) in [6.07, 6.45) is -3.20. The van der Waals surface area contributed by atoms with Crippen LogP contribution in [0.25, 0.3) is 0 Å². The Labute approximate surface area is 161 Å². The van der Waals surface area contributed by atoms with Crippen LogP contribution in [0.1, 0.15) is 26.3 Å². The van der Waals surface area contributed by atoms with E-state index in [0.29, 0.717) is 11.1 Å². The number of hydrogen-bond acceptors (Lipinski definition) is 6. The van der Waals surface area contributed by atoms with E-state index < -0.39 is 42.5 Å². The van der Waals surface area contributed by atoms with Gasteiger partial charge < -0.3 is 19.3 Å². The quantitative estimate of drug-likeness (QED) is 0.805. The molecule has 3 aliphatic rings. The number of benzene rings is 2. The van der Waals surface area contributed by atoms with Gasteiger partial charge in [-0.15, -0.1) is 0 Å². The summed E-state index contributed by atoms with van der Waals surface area (Å²) in [5, 5.41) is 10.8. The van der Waals surface area contributed by atoms with Gasteiger partial charge in [-0.2, -0.15) is 0 Å². The second kappa shape index (κ2) is 6.79. The van der Waals surface area contributed by atoms with Crippen molar-refractivity contribution in [2.75, 3.05) is 6.61 Å². The zero-order valence-corrected chi connectivity index (χ0v) is 14.9. The summed E-state index contributed by atoms with van der Waals surface area (Å²) >= 11 is 0. The average molecular weight is 381 g/mol. The number of rotatable bonds is 4. The number of carbonyl (C=O) groups excluding carboxylic acids is 2. The fourth-order valence-electron chi connectivity index (χ4n) is 4.08. The number of aliphatic hydroxyl groups excluding tert-OH is 1. The number of nitrogens with zero attached hydrogens (tertiary/aromatic N) is 1. The van der Waals surface area contributed by atoms with Crippen molar-refractivity contribution in [3.05, 3.63) is 71.3 Å². The maximum atomic E-state index is 13.0. The minimum atomic E-state index is -1.02. The van der Waals surface area contributed by atoms with Crippen LogP contribution in [-0.4, -0.2) is 59.1 Å². The molecule has 28 heavy (non-hydrogen) atoms. The van der Waals surface area contributed by atoms with E-state index in [9.17, 15) is 14.7 Å². The summed E-state index contributed by atoms with van der Waals surface area (Å²) in [5.41, 5.74) is 1.60. The summed E-state index contributed by atoms with van der Waals surface area (Å²) in [5.74, 6) is -0.854. The van der Waals surface area contributed by atoms with Gasteiger partial charge in [-0.3, -0.25) is 14.5 Å². The van der Waals surface area contributed by atoms with Gasteiger partial charge >= 0.3 is 0 Å². The number of imide groups is 1. The third-order valence-corrected chi connectivity index (χ3v) is 5.48. The Kier molecular flexibility index (Phi) is 4.25. The zero-order valence-electron chi connectivity index (χ0n) is 14.9. The molecule has 0 aromatic heterocycles. The van der Waals surface area contributed by atoms with Crippen molar-refractivity contribution in [1.82, 2.24) is 4.90 Å². The second-order valence-electron chi connectivity index (χ2n) is 7.14. The summed E-state index contributed by atoms with van der Waals surface area (Å²) in [6, 6.07) is 15.3. The predicted octanol–water partition coefficient (Wildman–Crippen LogP) is 1.35. The number of hydrogen-bond donors (Lipinski definition) is 1. The lowest BCUT2D eigenvalue weighted by molar-refractivity contribution is -0.214. The largest absolute Gasteiger partial charge is 0.388 e. The van der Waals surface area contributed by atoms with Crippen molar-refractivity contribution in [3.63, 3.8) is 0 Å². The van der Waals surface area contributed by atoms with Crippen molar-refractivity contribution in [1.29, 1.82) is 0 Å². The molecule has 0 saturated carbocycles. The summed E-state index contributed by atoms with van der Waals surface area (Å²) in [6.45, 7) is 0.429. The van der Waals surface area contributed by atoms with Gasteiger partial charge in [0.2, 0.25) is 0 Å². The smallest absolute Gasteiger partial charge is 0.262 e. The Bertz CT molecular complexity index is 881. The highest BCUT2D eigenvalue weighted by atomic mass is 16.7. The standard InChI is InChI=1S/C21H19NO6/c23-17-15-11-27-21(28-15)16(18(17)26-10-12-6-2-1-3-7-12)22-19(24)13-8-4-5-9-14(13)20(22)25/h1-9,15-18,21,23H,10-11H2/t15-,16-,17-,18-,21-/m1/s1. The van der Waals surface area contributed by atoms with Gasteiger partial charge in [-0.1, -0.05) is 42.5 Å². The molecule has 144 valence electrons. The van der Waals surface area contributed by atoms with Crippen LogP contribution in [0.3, 0.4) is 0 Å². The van der Waals surface area contributed by atoms with Crippen LogP contribution in [0.15, 0.2) is 54.6 Å². The lowest BCUT2D eigenvalue weighted by Crippen LogP contribution is -2.62. The molecule has 2 bridgehead atoms. The van der Waals surface area contributed by atoms with Crippen molar-refractivity contribution in [2.24, 2.45) is 0 Å². The molecule has 5 rings (SSSR count). The van der Waals surface area contributed by atoms with Gasteiger partial charge in [-0.25, -0.2) is 0 Å². The molecule has 0 unspecified atom stereocenters. The number of ether oxygens (including phenoxy) is 3. The van der Waals surface area contributed by atoms with Gasteiger partial charge in [-0.05, 0) is 17.7 Å². The van der Waals surface area contributed by atoms with Crippen LogP contribution in [0.2, 0.25) is 0 Å². The fourth-order valence-corrected chi connectivity index (χ4v) is 4.08. The molecule has 2 saturated heterocycles. The van der Waals surface area contributed by atoms with E-state index in [1.807, 2.05) is 30.3 Å². The Balaban J connectivity index is 1.47. The van der Waals surface area contributed by atoms with Crippen LogP contribution in [0, 0.1) is 0 Å². The Morgan fingerprint density at radius 1 is 1.00 bits per heavy atom. The molecule has 2 fully saturated rings. The highest BCUT2D eigenvalue weighted by molar-refractivity contribution is 6.21. The van der Waals surface area contributed by atoms with Crippen LogP contribution in [0.5, 0.6) is 0 Å². The van der Waals surface area contributed by atoms with Gasteiger partial charge in [0.1, 0.15) is 24.4 Å². The van der Waals surface area contributed by atoms with Gasteiger partial charge in [0, 0.05) is 0 Å². The minimum Gasteiger partial charge on any atom is -0.388 e. The van der Waals surface area contributed by atoms with Crippen molar-refractivity contribution in [3.8, 4) is 0 Å². The van der Waals surface area contributed by atoms with Crippen LogP contribution in [-0.2, 0) is 20.8 Å². The summed E-state index contributed by atoms with van der Waals surface area (Å²) in [4.78, 5) is 27.1. The van der Waals surface area contributed by atoms with E-state index in [1.54, 1.807) is 24.3 Å². The maximum absolute atomic E-state index is 13.0. The predicted molar refractivity (Wildman–Crippen MR) is 96.4 cm³/mol. The van der Waals surface area contributed by atoms with E-state index >= 15 is 0 Å². The van der Waals surface area contributed by atoms with Crippen LogP contribution < -0.4 is 0 Å². The Hall–Kier alpha value is -2.58. The molecule has 5 atom stereocenters. The molecule has 7 heteroatoms. The molecular formula is C21H19NO6. The maximum Gasteiger partial charge on any atom is 0.262 e. The monoisotopic (exact) mass is 381 g/mol. The first kappa shape index (κ1) is 17.5. The highest BCUT2D eigenvalue weighted by Crippen LogP contribution is 2.37. The highest BCUT2D eigenvalue weighted by Gasteiger charge is 2.57. The molecule has 0 radical (unpaired) electrons. The third-order valence-electron chi connectivity index (χ3n) is 5.48. The third kappa shape index (κ3) is 2.67. The molecule has 7 nitrogen and oxygen atoms in total. The molecule has 0 aliphatic carbocycles. The van der Waals surface area contributed by atoms with Gasteiger partial charge in [0.05, 0.1) is 24.3 Å². The summed E-state index contributed by atoms with van der Waals surface area (Å²) < 4.78 is 17.4. The average Bonchev–Trinajstić information content (AvgIpc) is 3.27. The van der Waals surface area contributed by atoms with E-state index in [-0.39, 0.29) is 13.2 Å². The van der Waals surface area contributed by atoms with Gasteiger partial charge in [0.15, 0.2) is 6.29 Å². The molecule has 1 N–H and O–H groups in total. The topological polar surface area (TPSA) is 85.3 Å². The molecule has 2 aromatic carbocycles. The fraction of sp³-hybridized carbons (Fsp3) is 0.333. The number of carbonyl (C=O) groups is 2. The molecular weight excluding hydrogens is 362 g/mol. The SMILES string of the molecule is O=C1c2ccccc2C(=O)N1[C@H]1[C@@H]2OC[C@@H](O2)[C@@H](O)[C@@H]1OCc1ccccc1. The number of amides is 2. The molecule has 2 aromatic rings. The van der Waals surface area contributed by atoms with E-state index in [4.69, 9.17) is 14.2 Å². The van der Waals surface area contributed by atoms with E-state index in [2.05, 4.69) is 0 Å². The first-order valence-corrected chi connectivity index (χ1v) is 9.23. The lowest BCUT2D eigenvalue weighted by Gasteiger charge is -2.41. The second-order valence-corrected chi connectivity index (χ2v) is 7.14. The summed E-state index contributed by atoms with van der Waals surface area (Å²) in [7, 11) is 0. The van der Waals surface area contributed by atoms with E-state index in [1.165, 1.54) is 0 Å². The minimum absolute atomic E-state index is 0.191. The number of fused-ring (bicyclic) bond motifs is 3. The molecule has 3 aliphatic heterocycles. The molecule has 0 spiro atoms. The first-order chi connectivity index (χ1) is 13.6. The van der Waals surface area contributed by atoms with Gasteiger partial charge in [0.25, 0.3) is 11.8 Å². The molecule has 3 heterocycles. The van der Waals surface area contributed by atoms with E-state index in [0.717, 1.165) is 10.5 Å². The number of aliphatic hydroxyl groups is 1.